The molecule has 8 rings (SSSR count). The molecule has 1 atom stereocenters. The van der Waals surface area contributed by atoms with Gasteiger partial charge in [0.15, 0.2) is 11.7 Å². The van der Waals surface area contributed by atoms with Crippen LogP contribution < -0.4 is 5.73 Å². The minimum atomic E-state index is -0.111. The molecule has 1 heterocycles. The van der Waals surface area contributed by atoms with Gasteiger partial charge in [-0.25, -0.2) is 15.0 Å². The molecule has 7 aromatic rings. The highest BCUT2D eigenvalue weighted by molar-refractivity contribution is 6.11. The fourth-order valence-corrected chi connectivity index (χ4v) is 7.19. The number of aromatic nitrogens is 2. The third-order valence-corrected chi connectivity index (χ3v) is 10.0. The summed E-state index contributed by atoms with van der Waals surface area (Å²) in [6, 6.07) is 52.5. The molecule has 6 aromatic carbocycles. The van der Waals surface area contributed by atoms with Crippen LogP contribution in [0.25, 0.3) is 44.8 Å². The van der Waals surface area contributed by atoms with Crippen LogP contribution in [0.2, 0.25) is 0 Å². The highest BCUT2D eigenvalue weighted by Gasteiger charge is 2.35. The second-order valence-corrected chi connectivity index (χ2v) is 13.8. The summed E-state index contributed by atoms with van der Waals surface area (Å²) in [6.07, 6.45) is 3.52. The lowest BCUT2D eigenvalue weighted by Crippen LogP contribution is -2.17. The first-order chi connectivity index (χ1) is 25.3. The Hall–Kier alpha value is -6.46. The molecule has 5 heteroatoms. The molecule has 0 bridgehead atoms. The first-order valence-electron chi connectivity index (χ1n) is 17.7. The van der Waals surface area contributed by atoms with Crippen LogP contribution in [-0.2, 0) is 5.41 Å². The number of hydrogen-bond acceptors (Lipinski definition) is 3. The second kappa shape index (κ2) is 13.7. The summed E-state index contributed by atoms with van der Waals surface area (Å²) in [5.74, 6) is 1.68. The van der Waals surface area contributed by atoms with E-state index in [1.54, 1.807) is 12.4 Å². The van der Waals surface area contributed by atoms with Crippen molar-refractivity contribution in [1.29, 1.82) is 0 Å². The first kappa shape index (κ1) is 32.7. The number of benzene rings is 6. The van der Waals surface area contributed by atoms with Crippen LogP contribution in [0.3, 0.4) is 0 Å². The highest BCUT2D eigenvalue weighted by Crippen LogP contribution is 2.49. The van der Waals surface area contributed by atoms with Crippen LogP contribution in [-0.4, -0.2) is 21.6 Å². The van der Waals surface area contributed by atoms with Gasteiger partial charge >= 0.3 is 0 Å². The second-order valence-electron chi connectivity index (χ2n) is 13.8. The fourth-order valence-electron chi connectivity index (χ4n) is 7.19. The van der Waals surface area contributed by atoms with Crippen molar-refractivity contribution in [1.82, 2.24) is 9.97 Å². The van der Waals surface area contributed by atoms with Crippen LogP contribution in [0.15, 0.2) is 174 Å². The number of hydrogen-bond donors (Lipinski definition) is 1. The zero-order chi connectivity index (χ0) is 35.7. The molecule has 1 unspecified atom stereocenters. The summed E-state index contributed by atoms with van der Waals surface area (Å²) in [5.41, 5.74) is 20.2. The van der Waals surface area contributed by atoms with Gasteiger partial charge in [-0.3, -0.25) is 4.99 Å². The third-order valence-electron chi connectivity index (χ3n) is 10.0. The summed E-state index contributed by atoms with van der Waals surface area (Å²) in [4.78, 5) is 19.0. The predicted molar refractivity (Wildman–Crippen MR) is 214 cm³/mol. The van der Waals surface area contributed by atoms with Crippen molar-refractivity contribution in [3.8, 4) is 44.8 Å². The Bertz CT molecular complexity index is 2430. The largest absolute Gasteiger partial charge is 0.383 e. The van der Waals surface area contributed by atoms with Crippen LogP contribution >= 0.6 is 0 Å². The van der Waals surface area contributed by atoms with E-state index in [1.807, 2.05) is 54.6 Å². The van der Waals surface area contributed by atoms with Gasteiger partial charge in [-0.05, 0) is 87.3 Å². The summed E-state index contributed by atoms with van der Waals surface area (Å²) in [6.45, 7) is 6.70. The molecule has 252 valence electrons. The molecule has 0 aliphatic heterocycles. The van der Waals surface area contributed by atoms with Gasteiger partial charge in [0.25, 0.3) is 0 Å². The van der Waals surface area contributed by atoms with Gasteiger partial charge in [0.1, 0.15) is 5.84 Å². The number of nitrogens with two attached hydrogens (primary N) is 1. The van der Waals surface area contributed by atoms with E-state index in [2.05, 4.69) is 128 Å². The molecule has 1 aromatic heterocycles. The third kappa shape index (κ3) is 6.33. The molecule has 0 fully saturated rings. The van der Waals surface area contributed by atoms with E-state index in [1.165, 1.54) is 22.3 Å². The summed E-state index contributed by atoms with van der Waals surface area (Å²) >= 11 is 0. The maximum absolute atomic E-state index is 6.98. The summed E-state index contributed by atoms with van der Waals surface area (Å²) in [7, 11) is 0. The van der Waals surface area contributed by atoms with Gasteiger partial charge in [0.05, 0.1) is 6.04 Å². The van der Waals surface area contributed by atoms with Gasteiger partial charge in [0, 0.05) is 34.5 Å². The molecular formula is C47H39N5. The van der Waals surface area contributed by atoms with Gasteiger partial charge in [-0.2, -0.15) is 0 Å². The zero-order valence-corrected chi connectivity index (χ0v) is 29.5. The van der Waals surface area contributed by atoms with E-state index >= 15 is 0 Å². The number of aliphatic imine (C=N–C) groups is 2. The predicted octanol–water partition coefficient (Wildman–Crippen LogP) is 10.7. The summed E-state index contributed by atoms with van der Waals surface area (Å²) < 4.78 is 0. The van der Waals surface area contributed by atoms with Crippen LogP contribution in [0.4, 0.5) is 0 Å². The lowest BCUT2D eigenvalue weighted by atomic mass is 9.82. The van der Waals surface area contributed by atoms with Gasteiger partial charge < -0.3 is 5.73 Å². The molecule has 1 aliphatic carbocycles. The van der Waals surface area contributed by atoms with E-state index in [4.69, 9.17) is 15.7 Å². The minimum absolute atomic E-state index is 0.0666. The van der Waals surface area contributed by atoms with E-state index in [9.17, 15) is 0 Å². The van der Waals surface area contributed by atoms with E-state index in [0.717, 1.165) is 44.5 Å². The summed E-state index contributed by atoms with van der Waals surface area (Å²) in [5, 5.41) is 0. The van der Waals surface area contributed by atoms with Crippen LogP contribution in [0, 0.1) is 0 Å². The number of nitrogens with zero attached hydrogens (tertiary/aromatic N) is 4. The smallest absolute Gasteiger partial charge is 0.159 e. The Balaban J connectivity index is 1.26. The Labute approximate surface area is 305 Å². The number of amidine groups is 2. The van der Waals surface area contributed by atoms with Gasteiger partial charge in [-0.1, -0.05) is 135 Å². The Morgan fingerprint density at radius 3 is 1.88 bits per heavy atom. The first-order valence-corrected chi connectivity index (χ1v) is 17.7. The van der Waals surface area contributed by atoms with E-state index in [-0.39, 0.29) is 11.5 Å². The van der Waals surface area contributed by atoms with Crippen molar-refractivity contribution in [3.05, 3.63) is 192 Å². The van der Waals surface area contributed by atoms with Crippen molar-refractivity contribution >= 4 is 11.7 Å². The number of fused-ring (bicyclic) bond motifs is 3. The van der Waals surface area contributed by atoms with E-state index < -0.39 is 0 Å². The molecule has 52 heavy (non-hydrogen) atoms. The average molecular weight is 674 g/mol. The highest BCUT2D eigenvalue weighted by atomic mass is 15.0. The topological polar surface area (TPSA) is 76.5 Å². The van der Waals surface area contributed by atoms with Crippen molar-refractivity contribution in [3.63, 3.8) is 0 Å². The Morgan fingerprint density at radius 2 is 1.15 bits per heavy atom. The standard InChI is InChI=1S/C47H39N5/c1-31(32-13-6-4-7-14-32)51-46(34-15-8-5-9-16-34)52-44(48)39-28-37(33-19-21-35(22-20-33)45-49-25-12-26-50-45)27-38(29-39)36-23-24-43-41(30-36)40-17-10-11-18-42(40)47(43,2)3/h4-31H,1-3H3,(H2,48,51,52). The lowest BCUT2D eigenvalue weighted by Gasteiger charge is -2.21. The SMILES string of the molecule is CC(N=C(N=C(N)c1cc(-c2ccc(-c3ncccn3)cc2)cc(-c2ccc3c(c2)-c2ccccc2C3(C)C)c1)c1ccccc1)c1ccccc1. The van der Waals surface area contributed by atoms with Crippen LogP contribution in [0.5, 0.6) is 0 Å². The molecule has 0 saturated heterocycles. The molecule has 1 aliphatic rings. The van der Waals surface area contributed by atoms with Gasteiger partial charge in [-0.15, -0.1) is 0 Å². The monoisotopic (exact) mass is 673 g/mol. The quantitative estimate of drug-likeness (QED) is 0.135. The van der Waals surface area contributed by atoms with Crippen LogP contribution in [0.1, 0.15) is 54.6 Å². The Morgan fingerprint density at radius 1 is 0.558 bits per heavy atom. The lowest BCUT2D eigenvalue weighted by molar-refractivity contribution is 0.660. The molecule has 0 saturated carbocycles. The molecule has 5 nitrogen and oxygen atoms in total. The Kier molecular flexibility index (Phi) is 8.61. The number of rotatable bonds is 7. The van der Waals surface area contributed by atoms with Gasteiger partial charge in [0.2, 0.25) is 0 Å². The molecule has 0 radical (unpaired) electrons. The maximum atomic E-state index is 6.98. The molecule has 0 spiro atoms. The molecular weight excluding hydrogens is 635 g/mol. The van der Waals surface area contributed by atoms with Crippen molar-refractivity contribution in [2.24, 2.45) is 15.7 Å². The maximum Gasteiger partial charge on any atom is 0.159 e. The van der Waals surface area contributed by atoms with Crippen molar-refractivity contribution in [2.75, 3.05) is 0 Å². The molecule has 2 N–H and O–H groups in total. The fraction of sp³-hybridized carbons (Fsp3) is 0.106. The van der Waals surface area contributed by atoms with E-state index in [0.29, 0.717) is 17.5 Å². The molecule has 0 amide bonds. The van der Waals surface area contributed by atoms with Crippen molar-refractivity contribution < 1.29 is 0 Å². The van der Waals surface area contributed by atoms with Crippen molar-refractivity contribution in [2.45, 2.75) is 32.2 Å². The normalized spacial score (nSPS) is 14.1. The minimum Gasteiger partial charge on any atom is -0.383 e. The zero-order valence-electron chi connectivity index (χ0n) is 29.5. The average Bonchev–Trinajstić information content (AvgIpc) is 3.43.